The average Bonchev–Trinajstić information content (AvgIpc) is 3.24. The van der Waals surface area contributed by atoms with Gasteiger partial charge in [0.25, 0.3) is 0 Å². The predicted octanol–water partition coefficient (Wildman–Crippen LogP) is 2.24. The van der Waals surface area contributed by atoms with Crippen LogP contribution in [0, 0.1) is 18.3 Å². The van der Waals surface area contributed by atoms with E-state index in [0.717, 1.165) is 45.6 Å². The highest BCUT2D eigenvalue weighted by Gasteiger charge is 2.51. The van der Waals surface area contributed by atoms with Crippen molar-refractivity contribution in [1.29, 1.82) is 0 Å². The van der Waals surface area contributed by atoms with Gasteiger partial charge >= 0.3 is 0 Å². The number of hydrogen-bond donors (Lipinski definition) is 0. The van der Waals surface area contributed by atoms with Crippen molar-refractivity contribution in [2.75, 3.05) is 39.4 Å². The molecule has 5 heteroatoms. The first-order valence-electron chi connectivity index (χ1n) is 9.67. The second-order valence-electron chi connectivity index (χ2n) is 7.97. The maximum Gasteiger partial charge on any atom is 0.226 e. The summed E-state index contributed by atoms with van der Waals surface area (Å²) in [7, 11) is 0. The minimum absolute atomic E-state index is 0.193. The zero-order valence-corrected chi connectivity index (χ0v) is 15.2. The number of ether oxygens (including phenoxy) is 1. The molecule has 5 nitrogen and oxygen atoms in total. The summed E-state index contributed by atoms with van der Waals surface area (Å²) in [5, 5.41) is 0. The summed E-state index contributed by atoms with van der Waals surface area (Å²) >= 11 is 0. The predicted molar refractivity (Wildman–Crippen MR) is 96.0 cm³/mol. The van der Waals surface area contributed by atoms with E-state index in [2.05, 4.69) is 22.9 Å². The Labute approximate surface area is 150 Å². The Morgan fingerprint density at radius 1 is 1.32 bits per heavy atom. The van der Waals surface area contributed by atoms with E-state index < -0.39 is 0 Å². The van der Waals surface area contributed by atoms with E-state index in [1.165, 1.54) is 24.1 Å². The van der Waals surface area contributed by atoms with Crippen LogP contribution < -0.4 is 0 Å². The van der Waals surface area contributed by atoms with Gasteiger partial charge in [-0.25, -0.2) is 0 Å². The zero-order chi connectivity index (χ0) is 17.3. The lowest BCUT2D eigenvalue weighted by Gasteiger charge is -2.36. The number of pyridine rings is 1. The number of likely N-dealkylation sites (tertiary alicyclic amines) is 1. The minimum Gasteiger partial charge on any atom is -0.378 e. The van der Waals surface area contributed by atoms with E-state index in [4.69, 9.17) is 4.74 Å². The third kappa shape index (κ3) is 3.32. The molecule has 1 saturated carbocycles. The number of rotatable bonds is 3. The van der Waals surface area contributed by atoms with Crippen LogP contribution in [0.1, 0.15) is 36.9 Å². The van der Waals surface area contributed by atoms with Gasteiger partial charge in [-0.05, 0) is 49.8 Å². The number of hydrogen-bond acceptors (Lipinski definition) is 4. The van der Waals surface area contributed by atoms with Crippen molar-refractivity contribution in [1.82, 2.24) is 14.8 Å². The van der Waals surface area contributed by atoms with E-state index in [9.17, 15) is 4.79 Å². The highest BCUT2D eigenvalue weighted by molar-refractivity contribution is 5.80. The fraction of sp³-hybridized carbons (Fsp3) is 0.700. The molecule has 0 N–H and O–H groups in total. The normalized spacial score (nSPS) is 30.3. The van der Waals surface area contributed by atoms with Gasteiger partial charge in [0.2, 0.25) is 5.91 Å². The summed E-state index contributed by atoms with van der Waals surface area (Å²) in [6, 6.07) is 4.13. The van der Waals surface area contributed by atoms with E-state index in [-0.39, 0.29) is 11.3 Å². The van der Waals surface area contributed by atoms with Crippen LogP contribution in [0.2, 0.25) is 0 Å². The second-order valence-corrected chi connectivity index (χ2v) is 7.97. The molecule has 25 heavy (non-hydrogen) atoms. The van der Waals surface area contributed by atoms with Crippen LogP contribution in [-0.4, -0.2) is 60.1 Å². The summed E-state index contributed by atoms with van der Waals surface area (Å²) in [6.45, 7) is 8.09. The third-order valence-corrected chi connectivity index (χ3v) is 6.48. The highest BCUT2D eigenvalue weighted by Crippen LogP contribution is 2.50. The number of carbonyl (C=O) groups is 1. The molecular weight excluding hydrogens is 314 g/mol. The third-order valence-electron chi connectivity index (χ3n) is 6.48. The van der Waals surface area contributed by atoms with Gasteiger partial charge in [0.1, 0.15) is 0 Å². The van der Waals surface area contributed by atoms with Gasteiger partial charge in [0.15, 0.2) is 0 Å². The second kappa shape index (κ2) is 7.04. The van der Waals surface area contributed by atoms with Crippen LogP contribution in [-0.2, 0) is 16.1 Å². The van der Waals surface area contributed by atoms with E-state index in [1.54, 1.807) is 0 Å². The topological polar surface area (TPSA) is 45.7 Å². The summed E-state index contributed by atoms with van der Waals surface area (Å²) in [4.78, 5) is 22.2. The molecule has 3 fully saturated rings. The zero-order valence-electron chi connectivity index (χ0n) is 15.2. The summed E-state index contributed by atoms with van der Waals surface area (Å²) in [5.41, 5.74) is 2.63. The first-order valence-corrected chi connectivity index (χ1v) is 9.67. The number of morpholine rings is 1. The fourth-order valence-corrected chi connectivity index (χ4v) is 5.03. The molecule has 0 aromatic carbocycles. The van der Waals surface area contributed by atoms with Gasteiger partial charge in [0, 0.05) is 38.3 Å². The van der Waals surface area contributed by atoms with Crippen molar-refractivity contribution in [3.8, 4) is 0 Å². The molecule has 0 unspecified atom stereocenters. The van der Waals surface area contributed by atoms with E-state index in [0.29, 0.717) is 19.1 Å². The molecular formula is C20H29N3O2. The van der Waals surface area contributed by atoms with Crippen molar-refractivity contribution in [2.24, 2.45) is 11.3 Å². The van der Waals surface area contributed by atoms with Crippen LogP contribution in [0.3, 0.4) is 0 Å². The molecule has 1 amide bonds. The maximum atomic E-state index is 13.1. The molecule has 136 valence electrons. The number of nitrogens with zero attached hydrogens (tertiary/aromatic N) is 3. The Hall–Kier alpha value is -1.46. The van der Waals surface area contributed by atoms with Crippen LogP contribution in [0.25, 0.3) is 0 Å². The van der Waals surface area contributed by atoms with Gasteiger partial charge in [-0.15, -0.1) is 0 Å². The van der Waals surface area contributed by atoms with Crippen molar-refractivity contribution < 1.29 is 9.53 Å². The Bertz CT molecular complexity index is 629. The standard InChI is InChI=1S/C20H29N3O2/c1-16-4-3-8-21-18(16)14-22-9-7-20(15-22)6-2-5-17(20)19(24)23-10-12-25-13-11-23/h3-4,8,17H,2,5-7,9-15H2,1H3/t17-,20+/m1/s1. The lowest BCUT2D eigenvalue weighted by molar-refractivity contribution is -0.143. The van der Waals surface area contributed by atoms with Crippen molar-refractivity contribution >= 4 is 5.91 Å². The molecule has 4 rings (SSSR count). The highest BCUT2D eigenvalue weighted by atomic mass is 16.5. The van der Waals surface area contributed by atoms with Crippen molar-refractivity contribution in [2.45, 2.75) is 39.2 Å². The first-order chi connectivity index (χ1) is 12.2. The van der Waals surface area contributed by atoms with Gasteiger partial charge in [-0.3, -0.25) is 14.7 Å². The minimum atomic E-state index is 0.193. The van der Waals surface area contributed by atoms with Crippen LogP contribution in [0.15, 0.2) is 18.3 Å². The van der Waals surface area contributed by atoms with Gasteiger partial charge in [-0.2, -0.15) is 0 Å². The average molecular weight is 343 g/mol. The maximum absolute atomic E-state index is 13.1. The Balaban J connectivity index is 1.44. The molecule has 1 aromatic heterocycles. The van der Waals surface area contributed by atoms with Crippen LogP contribution in [0.4, 0.5) is 0 Å². The molecule has 1 spiro atoms. The monoisotopic (exact) mass is 343 g/mol. The summed E-state index contributed by atoms with van der Waals surface area (Å²) in [5.74, 6) is 0.595. The number of amides is 1. The molecule has 0 bridgehead atoms. The SMILES string of the molecule is Cc1cccnc1CN1CC[C@@]2(CCC[C@@H]2C(=O)N2CCOCC2)C1. The van der Waals surface area contributed by atoms with Gasteiger partial charge in [-0.1, -0.05) is 12.5 Å². The van der Waals surface area contributed by atoms with Crippen LogP contribution in [0.5, 0.6) is 0 Å². The van der Waals surface area contributed by atoms with Gasteiger partial charge < -0.3 is 9.64 Å². The van der Waals surface area contributed by atoms with Crippen molar-refractivity contribution in [3.63, 3.8) is 0 Å². The lowest BCUT2D eigenvalue weighted by atomic mass is 9.76. The van der Waals surface area contributed by atoms with E-state index in [1.807, 2.05) is 17.2 Å². The molecule has 0 radical (unpaired) electrons. The number of aromatic nitrogens is 1. The molecule has 2 saturated heterocycles. The fourth-order valence-electron chi connectivity index (χ4n) is 5.03. The molecule has 1 aliphatic carbocycles. The number of aryl methyl sites for hydroxylation is 1. The Morgan fingerprint density at radius 2 is 2.16 bits per heavy atom. The molecule has 1 aromatic rings. The van der Waals surface area contributed by atoms with Gasteiger partial charge in [0.05, 0.1) is 18.9 Å². The quantitative estimate of drug-likeness (QED) is 0.844. The molecule has 3 heterocycles. The number of carbonyl (C=O) groups excluding carboxylic acids is 1. The summed E-state index contributed by atoms with van der Waals surface area (Å²) in [6.07, 6.45) is 6.49. The van der Waals surface area contributed by atoms with E-state index >= 15 is 0 Å². The Morgan fingerprint density at radius 3 is 2.96 bits per heavy atom. The summed E-state index contributed by atoms with van der Waals surface area (Å²) < 4.78 is 5.42. The largest absolute Gasteiger partial charge is 0.378 e. The molecule has 2 aliphatic heterocycles. The van der Waals surface area contributed by atoms with Crippen molar-refractivity contribution in [3.05, 3.63) is 29.6 Å². The first kappa shape index (κ1) is 17.0. The molecule has 3 aliphatic rings. The Kier molecular flexibility index (Phi) is 4.78. The smallest absolute Gasteiger partial charge is 0.226 e. The van der Waals surface area contributed by atoms with Crippen LogP contribution >= 0.6 is 0 Å². The molecule has 2 atom stereocenters. The lowest BCUT2D eigenvalue weighted by Crippen LogP contribution is -2.47.